The molecule has 0 N–H and O–H groups in total. The summed E-state index contributed by atoms with van der Waals surface area (Å²) in [5, 5.41) is 0. The van der Waals surface area contributed by atoms with Gasteiger partial charge in [-0.15, -0.1) is 0 Å². The number of rotatable bonds is 6. The Labute approximate surface area is 200 Å². The van der Waals surface area contributed by atoms with Crippen molar-refractivity contribution in [3.8, 4) is 0 Å². The number of carbonyl (C=O) groups excluding carboxylic acids is 1. The smallest absolute Gasteiger partial charge is 0.434 e. The molecule has 0 aromatic rings. The van der Waals surface area contributed by atoms with Crippen LogP contribution < -0.4 is 0 Å². The number of ether oxygens (including phenoxy) is 2. The van der Waals surface area contributed by atoms with Crippen LogP contribution in [-0.2, 0) is 9.47 Å². The predicted molar refractivity (Wildman–Crippen MR) is 113 cm³/mol. The molecule has 7 unspecified atom stereocenters. The van der Waals surface area contributed by atoms with E-state index in [0.717, 1.165) is 12.0 Å². The van der Waals surface area contributed by atoms with Crippen LogP contribution in [0.2, 0.25) is 0 Å². The summed E-state index contributed by atoms with van der Waals surface area (Å²) < 4.78 is 109. The van der Waals surface area contributed by atoms with Crippen LogP contribution in [0.4, 0.5) is 35.5 Å². The van der Waals surface area contributed by atoms with Gasteiger partial charge in [0.25, 0.3) is 0 Å². The summed E-state index contributed by atoms with van der Waals surface area (Å²) in [5.74, 6) is -1.40. The molecule has 0 amide bonds. The van der Waals surface area contributed by atoms with Crippen molar-refractivity contribution in [1.82, 2.24) is 0 Å². The molecule has 0 aromatic carbocycles. The van der Waals surface area contributed by atoms with Crippen molar-refractivity contribution in [2.24, 2.45) is 35.5 Å². The highest BCUT2D eigenvalue weighted by atomic mass is 19.4. The van der Waals surface area contributed by atoms with Gasteiger partial charge in [-0.2, -0.15) is 26.3 Å². The molecule has 7 atom stereocenters. The maximum Gasteiger partial charge on any atom is 0.509 e. The van der Waals surface area contributed by atoms with Crippen LogP contribution in [0.1, 0.15) is 59.3 Å². The van der Waals surface area contributed by atoms with Gasteiger partial charge in [0, 0.05) is 6.42 Å². The van der Waals surface area contributed by atoms with Crippen LogP contribution in [0.15, 0.2) is 23.3 Å². The number of halogens is 7. The van der Waals surface area contributed by atoms with Gasteiger partial charge in [0.05, 0.1) is 6.61 Å². The Balaban J connectivity index is 1.65. The van der Waals surface area contributed by atoms with Gasteiger partial charge in [0.1, 0.15) is 5.67 Å². The number of fused-ring (bicyclic) bond motifs is 9. The molecule has 3 nitrogen and oxygen atoms in total. The zero-order chi connectivity index (χ0) is 26.0. The summed E-state index contributed by atoms with van der Waals surface area (Å²) in [5.41, 5.74) is -5.54. The number of allylic oxidation sites excluding steroid dienone is 4. The van der Waals surface area contributed by atoms with Crippen molar-refractivity contribution in [2.75, 3.05) is 6.61 Å². The third kappa shape index (κ3) is 3.88. The number of hydrogen-bond acceptors (Lipinski definition) is 3. The molecule has 4 aliphatic carbocycles. The zero-order valence-electron chi connectivity index (χ0n) is 19.9. The molecular weight excluding hydrogens is 481 g/mol. The average Bonchev–Trinajstić information content (AvgIpc) is 3.47. The van der Waals surface area contributed by atoms with E-state index >= 15 is 4.39 Å². The summed E-state index contributed by atoms with van der Waals surface area (Å²) in [6.07, 6.45) is -11.0. The van der Waals surface area contributed by atoms with Crippen molar-refractivity contribution >= 4 is 6.16 Å². The Morgan fingerprint density at radius 1 is 1.00 bits per heavy atom. The highest BCUT2D eigenvalue weighted by Crippen LogP contribution is 2.74. The number of hydrogen-bond donors (Lipinski definition) is 0. The van der Waals surface area contributed by atoms with Crippen LogP contribution in [-0.4, -0.2) is 36.4 Å². The minimum atomic E-state index is -6.07. The SMILES string of the molecule is CC=C1C(=CC)C2CC1C1C3CC(C21)C(F)(CC(OC(=O)OCCCC)(C(F)(F)F)C(F)(F)F)C3. The highest BCUT2D eigenvalue weighted by Gasteiger charge is 2.79. The van der Waals surface area contributed by atoms with Gasteiger partial charge in [0.15, 0.2) is 0 Å². The van der Waals surface area contributed by atoms with Crippen molar-refractivity contribution in [2.45, 2.75) is 82.9 Å². The Kier molecular flexibility index (Phi) is 6.53. The fourth-order valence-corrected chi connectivity index (χ4v) is 7.78. The Bertz CT molecular complexity index is 892. The first-order valence-corrected chi connectivity index (χ1v) is 12.3. The molecule has 0 heterocycles. The molecule has 4 bridgehead atoms. The van der Waals surface area contributed by atoms with E-state index in [4.69, 9.17) is 0 Å². The minimum absolute atomic E-state index is 0.0647. The van der Waals surface area contributed by atoms with E-state index in [0.29, 0.717) is 6.42 Å². The topological polar surface area (TPSA) is 35.5 Å². The van der Waals surface area contributed by atoms with E-state index in [1.807, 2.05) is 26.0 Å². The van der Waals surface area contributed by atoms with E-state index in [9.17, 15) is 31.1 Å². The van der Waals surface area contributed by atoms with E-state index in [2.05, 4.69) is 9.47 Å². The second-order valence-electron chi connectivity index (χ2n) is 10.5. The predicted octanol–water partition coefficient (Wildman–Crippen LogP) is 7.72. The van der Waals surface area contributed by atoms with E-state index in [-0.39, 0.29) is 42.4 Å². The van der Waals surface area contributed by atoms with Gasteiger partial charge >= 0.3 is 24.1 Å². The van der Waals surface area contributed by atoms with Gasteiger partial charge in [-0.3, -0.25) is 0 Å². The van der Waals surface area contributed by atoms with E-state index in [1.54, 1.807) is 6.92 Å². The largest absolute Gasteiger partial charge is 0.509 e. The summed E-state index contributed by atoms with van der Waals surface area (Å²) in [6, 6.07) is 0. The first-order valence-electron chi connectivity index (χ1n) is 12.3. The quantitative estimate of drug-likeness (QED) is 0.158. The number of alkyl halides is 7. The van der Waals surface area contributed by atoms with E-state index in [1.165, 1.54) is 5.57 Å². The lowest BCUT2D eigenvalue weighted by Gasteiger charge is -2.47. The normalized spacial score (nSPS) is 38.5. The minimum Gasteiger partial charge on any atom is -0.434 e. The lowest BCUT2D eigenvalue weighted by atomic mass is 9.62. The van der Waals surface area contributed by atoms with Crippen LogP contribution in [0.5, 0.6) is 0 Å². The standard InChI is InChI=1S/C25H31F7O3/c1-4-7-8-34-21(33)35-23(24(27,28)29,25(30,31)32)12-22(26)11-13-9-18(22)20-17-10-16(19(13)20)14(5-2)15(17)6-3/h5-6,13,16-20H,4,7-12H2,1-3H3. The van der Waals surface area contributed by atoms with Gasteiger partial charge in [-0.25, -0.2) is 9.18 Å². The van der Waals surface area contributed by atoms with Gasteiger partial charge < -0.3 is 9.47 Å². The van der Waals surface area contributed by atoms with E-state index < -0.39 is 55.1 Å². The average molecular weight is 513 g/mol. The molecule has 0 spiro atoms. The fourth-order valence-electron chi connectivity index (χ4n) is 7.78. The second-order valence-corrected chi connectivity index (χ2v) is 10.5. The summed E-state index contributed by atoms with van der Waals surface area (Å²) >= 11 is 0. The van der Waals surface area contributed by atoms with Crippen molar-refractivity contribution in [3.05, 3.63) is 23.3 Å². The van der Waals surface area contributed by atoms with Crippen molar-refractivity contribution in [3.63, 3.8) is 0 Å². The number of carbonyl (C=O) groups is 1. The molecule has 0 saturated heterocycles. The van der Waals surface area contributed by atoms with Crippen molar-refractivity contribution < 1.29 is 45.0 Å². The van der Waals surface area contributed by atoms with Gasteiger partial charge in [-0.05, 0) is 86.2 Å². The third-order valence-corrected chi connectivity index (χ3v) is 8.90. The monoisotopic (exact) mass is 512 g/mol. The van der Waals surface area contributed by atoms with Crippen LogP contribution >= 0.6 is 0 Å². The van der Waals surface area contributed by atoms with Gasteiger partial charge in [-0.1, -0.05) is 25.5 Å². The van der Waals surface area contributed by atoms with Crippen LogP contribution in [0.25, 0.3) is 0 Å². The zero-order valence-corrected chi connectivity index (χ0v) is 19.9. The highest BCUT2D eigenvalue weighted by molar-refractivity contribution is 5.61. The molecule has 0 aromatic heterocycles. The Morgan fingerprint density at radius 2 is 1.57 bits per heavy atom. The Morgan fingerprint density at radius 3 is 2.09 bits per heavy atom. The fraction of sp³-hybridized carbons (Fsp3) is 0.800. The van der Waals surface area contributed by atoms with Gasteiger partial charge in [0.2, 0.25) is 0 Å². The molecular formula is C25H31F7O3. The lowest BCUT2D eigenvalue weighted by molar-refractivity contribution is -0.378. The summed E-state index contributed by atoms with van der Waals surface area (Å²) in [6.45, 7) is 5.08. The second kappa shape index (κ2) is 8.68. The molecule has 198 valence electrons. The molecule has 4 aliphatic rings. The van der Waals surface area contributed by atoms with Crippen LogP contribution in [0.3, 0.4) is 0 Å². The van der Waals surface area contributed by atoms with Crippen molar-refractivity contribution in [1.29, 1.82) is 0 Å². The number of unbranched alkanes of at least 4 members (excludes halogenated alkanes) is 1. The molecule has 4 saturated carbocycles. The lowest BCUT2D eigenvalue weighted by Crippen LogP contribution is -2.63. The molecule has 10 heteroatoms. The summed E-state index contributed by atoms with van der Waals surface area (Å²) in [4.78, 5) is 11.9. The summed E-state index contributed by atoms with van der Waals surface area (Å²) in [7, 11) is 0. The maximum absolute atomic E-state index is 16.4. The first kappa shape index (κ1) is 26.3. The molecule has 0 aliphatic heterocycles. The molecule has 0 radical (unpaired) electrons. The van der Waals surface area contributed by atoms with Crippen LogP contribution in [0, 0.1) is 35.5 Å². The third-order valence-electron chi connectivity index (χ3n) is 8.90. The molecule has 4 rings (SSSR count). The molecule has 35 heavy (non-hydrogen) atoms. The molecule has 4 fully saturated rings. The Hall–Kier alpha value is -1.74. The first-order chi connectivity index (χ1) is 16.2. The maximum atomic E-state index is 16.4.